The normalized spacial score (nSPS) is 16.7. The molecule has 37 heavy (non-hydrogen) atoms. The predicted octanol–water partition coefficient (Wildman–Crippen LogP) is 3.51. The van der Waals surface area contributed by atoms with E-state index in [1.807, 2.05) is 0 Å². The molecule has 12 heteroatoms. The van der Waals surface area contributed by atoms with Gasteiger partial charge >= 0.3 is 0 Å². The van der Waals surface area contributed by atoms with Crippen molar-refractivity contribution < 1.29 is 14.3 Å². The molecule has 0 aliphatic carbocycles. The number of hydrogen-bond acceptors (Lipinski definition) is 8. The number of fused-ring (bicyclic) bond motifs is 2. The Morgan fingerprint density at radius 2 is 1.95 bits per heavy atom. The average molecular weight is 517 g/mol. The van der Waals surface area contributed by atoms with Crippen molar-refractivity contribution in [1.82, 2.24) is 29.5 Å². The third kappa shape index (κ3) is 3.62. The zero-order chi connectivity index (χ0) is 25.9. The van der Waals surface area contributed by atoms with Crippen LogP contribution in [0.1, 0.15) is 29.3 Å². The van der Waals surface area contributed by atoms with E-state index in [2.05, 4.69) is 25.4 Å². The number of anilines is 2. The van der Waals surface area contributed by atoms with Crippen LogP contribution in [0.2, 0.25) is 5.02 Å². The maximum Gasteiger partial charge on any atom is 0.240 e. The Morgan fingerprint density at radius 1 is 1.16 bits per heavy atom. The molecule has 10 nitrogen and oxygen atoms in total. The first-order valence-corrected chi connectivity index (χ1v) is 11.5. The van der Waals surface area contributed by atoms with Crippen molar-refractivity contribution in [2.24, 2.45) is 0 Å². The molecule has 6 rings (SSSR count). The van der Waals surface area contributed by atoms with Crippen molar-refractivity contribution in [2.45, 2.75) is 18.8 Å². The van der Waals surface area contributed by atoms with Gasteiger partial charge in [-0.3, -0.25) is 4.79 Å². The minimum atomic E-state index is -1.23. The molecule has 1 aliphatic rings. The zero-order valence-electron chi connectivity index (χ0n) is 19.3. The number of phenolic OH excluding ortho intramolecular Hbond substituents is 1. The number of amides is 1. The van der Waals surface area contributed by atoms with Crippen molar-refractivity contribution in [3.8, 4) is 17.3 Å². The zero-order valence-corrected chi connectivity index (χ0v) is 20.0. The molecule has 0 saturated heterocycles. The SMILES string of the molecule is CC1(c2ccc(O)c(Cl)c2)C(=O)Nc2nc(-c3cn4ncnc4c(Cc4ccc(F)cc4)n3)nc(N)c21. The Bertz CT molecular complexity index is 1720. The lowest BCUT2D eigenvalue weighted by atomic mass is 9.77. The first-order valence-electron chi connectivity index (χ1n) is 11.2. The lowest BCUT2D eigenvalue weighted by molar-refractivity contribution is -0.119. The average Bonchev–Trinajstić information content (AvgIpc) is 3.45. The van der Waals surface area contributed by atoms with E-state index in [0.29, 0.717) is 34.6 Å². The molecule has 1 amide bonds. The van der Waals surface area contributed by atoms with E-state index in [1.165, 1.54) is 30.6 Å². The quantitative estimate of drug-likeness (QED) is 0.329. The van der Waals surface area contributed by atoms with Gasteiger partial charge in [-0.2, -0.15) is 5.10 Å². The Kier molecular flexibility index (Phi) is 5.06. The minimum absolute atomic E-state index is 0.0885. The molecule has 4 N–H and O–H groups in total. The van der Waals surface area contributed by atoms with Crippen LogP contribution in [0.25, 0.3) is 17.2 Å². The molecule has 4 heterocycles. The molecule has 1 aliphatic heterocycles. The second-order valence-electron chi connectivity index (χ2n) is 8.81. The maximum absolute atomic E-state index is 13.4. The molecule has 184 valence electrons. The molecule has 0 saturated carbocycles. The Labute approximate surface area is 214 Å². The van der Waals surface area contributed by atoms with E-state index in [0.717, 1.165) is 5.56 Å². The highest BCUT2D eigenvalue weighted by Crippen LogP contribution is 2.46. The summed E-state index contributed by atoms with van der Waals surface area (Å²) in [5.41, 5.74) is 8.40. The van der Waals surface area contributed by atoms with Crippen LogP contribution in [-0.2, 0) is 16.6 Å². The highest BCUT2D eigenvalue weighted by molar-refractivity contribution is 6.32. The molecule has 0 fully saturated rings. The summed E-state index contributed by atoms with van der Waals surface area (Å²) in [6, 6.07) is 10.6. The van der Waals surface area contributed by atoms with Gasteiger partial charge in [0.25, 0.3) is 0 Å². The Morgan fingerprint density at radius 3 is 2.70 bits per heavy atom. The van der Waals surface area contributed by atoms with E-state index in [-0.39, 0.29) is 40.0 Å². The van der Waals surface area contributed by atoms with Crippen LogP contribution in [0, 0.1) is 5.82 Å². The molecule has 1 atom stereocenters. The third-order valence-electron chi connectivity index (χ3n) is 6.49. The summed E-state index contributed by atoms with van der Waals surface area (Å²) >= 11 is 6.11. The second kappa shape index (κ2) is 8.20. The minimum Gasteiger partial charge on any atom is -0.506 e. The van der Waals surface area contributed by atoms with Crippen LogP contribution in [0.15, 0.2) is 55.0 Å². The number of phenols is 1. The van der Waals surface area contributed by atoms with Crippen LogP contribution >= 0.6 is 11.6 Å². The van der Waals surface area contributed by atoms with Gasteiger partial charge in [0.15, 0.2) is 11.5 Å². The van der Waals surface area contributed by atoms with Crippen molar-refractivity contribution in [3.05, 3.63) is 88.2 Å². The Hall–Kier alpha value is -4.64. The number of aromatic nitrogens is 6. The van der Waals surface area contributed by atoms with E-state index in [1.54, 1.807) is 35.8 Å². The van der Waals surface area contributed by atoms with Crippen molar-refractivity contribution >= 4 is 34.8 Å². The fourth-order valence-corrected chi connectivity index (χ4v) is 4.71. The summed E-state index contributed by atoms with van der Waals surface area (Å²) in [5, 5.41) is 16.9. The van der Waals surface area contributed by atoms with Crippen molar-refractivity contribution in [1.29, 1.82) is 0 Å². The van der Waals surface area contributed by atoms with Crippen LogP contribution in [0.5, 0.6) is 5.75 Å². The molecule has 2 aromatic carbocycles. The van der Waals surface area contributed by atoms with Crippen LogP contribution < -0.4 is 11.1 Å². The fraction of sp³-hybridized carbons (Fsp3) is 0.120. The second-order valence-corrected chi connectivity index (χ2v) is 9.21. The highest BCUT2D eigenvalue weighted by atomic mass is 35.5. The summed E-state index contributed by atoms with van der Waals surface area (Å²) in [7, 11) is 0. The molecule has 3 aromatic heterocycles. The summed E-state index contributed by atoms with van der Waals surface area (Å²) < 4.78 is 14.9. The number of nitrogens with two attached hydrogens (primary N) is 1. The number of rotatable bonds is 4. The van der Waals surface area contributed by atoms with Gasteiger partial charge in [-0.05, 0) is 42.3 Å². The maximum atomic E-state index is 13.4. The van der Waals surface area contributed by atoms with Crippen molar-refractivity contribution in [2.75, 3.05) is 11.1 Å². The molecule has 1 unspecified atom stereocenters. The highest BCUT2D eigenvalue weighted by Gasteiger charge is 2.47. The van der Waals surface area contributed by atoms with Gasteiger partial charge in [-0.1, -0.05) is 29.8 Å². The van der Waals surface area contributed by atoms with Crippen LogP contribution in [-0.4, -0.2) is 40.6 Å². The molecule has 0 bridgehead atoms. The van der Waals surface area contributed by atoms with Gasteiger partial charge in [0.1, 0.15) is 40.6 Å². The lowest BCUT2D eigenvalue weighted by Gasteiger charge is -2.23. The molecule has 5 aromatic rings. The monoisotopic (exact) mass is 516 g/mol. The van der Waals surface area contributed by atoms with Gasteiger partial charge < -0.3 is 16.2 Å². The number of hydrogen-bond donors (Lipinski definition) is 3. The Balaban J connectivity index is 1.45. The predicted molar refractivity (Wildman–Crippen MR) is 134 cm³/mol. The van der Waals surface area contributed by atoms with E-state index >= 15 is 0 Å². The topological polar surface area (TPSA) is 144 Å². The third-order valence-corrected chi connectivity index (χ3v) is 6.80. The molecule has 0 radical (unpaired) electrons. The number of aromatic hydroxyl groups is 1. The number of nitrogen functional groups attached to an aromatic ring is 1. The largest absolute Gasteiger partial charge is 0.506 e. The number of nitrogens with one attached hydrogen (secondary N) is 1. The summed E-state index contributed by atoms with van der Waals surface area (Å²) in [5.74, 6) is -0.270. The van der Waals surface area contributed by atoms with E-state index < -0.39 is 5.41 Å². The van der Waals surface area contributed by atoms with Crippen LogP contribution in [0.4, 0.5) is 16.0 Å². The standard InChI is InChI=1S/C25H18ClFN8O2/c1-25(13-4-7-18(36)15(26)9-13)19-20(28)32-21(33-22(19)34-24(25)37)17-10-35-23(29-11-30-35)16(31-17)8-12-2-5-14(27)6-3-12/h2-7,9-11,36H,8H2,1H3,(H3,28,32,33,34,37). The fourth-order valence-electron chi connectivity index (χ4n) is 4.53. The van der Waals surface area contributed by atoms with Gasteiger partial charge in [0.2, 0.25) is 5.91 Å². The molecular formula is C25H18ClFN8O2. The summed E-state index contributed by atoms with van der Waals surface area (Å²) in [4.78, 5) is 31.2. The smallest absolute Gasteiger partial charge is 0.240 e. The van der Waals surface area contributed by atoms with Gasteiger partial charge in [-0.25, -0.2) is 28.8 Å². The molecule has 0 spiro atoms. The van der Waals surface area contributed by atoms with Gasteiger partial charge in [0.05, 0.1) is 22.5 Å². The lowest BCUT2D eigenvalue weighted by Crippen LogP contribution is -2.33. The molecular weight excluding hydrogens is 499 g/mol. The van der Waals surface area contributed by atoms with Crippen molar-refractivity contribution in [3.63, 3.8) is 0 Å². The van der Waals surface area contributed by atoms with E-state index in [4.69, 9.17) is 22.3 Å². The summed E-state index contributed by atoms with van der Waals surface area (Å²) in [6.07, 6.45) is 3.39. The van der Waals surface area contributed by atoms with Gasteiger partial charge in [0, 0.05) is 6.42 Å². The van der Waals surface area contributed by atoms with E-state index in [9.17, 15) is 14.3 Å². The number of halogens is 2. The number of carbonyl (C=O) groups excluding carboxylic acids is 1. The number of carbonyl (C=O) groups is 1. The van der Waals surface area contributed by atoms with Crippen LogP contribution in [0.3, 0.4) is 0 Å². The van der Waals surface area contributed by atoms with Gasteiger partial charge in [-0.15, -0.1) is 0 Å². The summed E-state index contributed by atoms with van der Waals surface area (Å²) in [6.45, 7) is 1.69. The first-order chi connectivity index (χ1) is 17.7. The first kappa shape index (κ1) is 22.8. The number of nitrogens with zero attached hydrogens (tertiary/aromatic N) is 6. The number of benzene rings is 2.